The molecule has 5 nitrogen and oxygen atoms in total. The summed E-state index contributed by atoms with van der Waals surface area (Å²) in [6.07, 6.45) is 2.44. The number of nitro groups is 1. The minimum atomic E-state index is -0.455. The lowest BCUT2D eigenvalue weighted by Crippen LogP contribution is -2.27. The van der Waals surface area contributed by atoms with Crippen molar-refractivity contribution in [2.24, 2.45) is 5.92 Å². The van der Waals surface area contributed by atoms with Gasteiger partial charge in [-0.2, -0.15) is 0 Å². The van der Waals surface area contributed by atoms with Gasteiger partial charge in [0.15, 0.2) is 0 Å². The van der Waals surface area contributed by atoms with Gasteiger partial charge in [0.1, 0.15) is 5.02 Å². The Bertz CT molecular complexity index is 481. The van der Waals surface area contributed by atoms with E-state index in [0.717, 1.165) is 31.6 Å². The van der Waals surface area contributed by atoms with E-state index in [4.69, 9.17) is 16.3 Å². The summed E-state index contributed by atoms with van der Waals surface area (Å²) in [6.45, 7) is 4.43. The molecule has 1 aliphatic rings. The lowest BCUT2D eigenvalue weighted by molar-refractivity contribution is -0.384. The van der Waals surface area contributed by atoms with E-state index in [2.05, 4.69) is 12.2 Å². The van der Waals surface area contributed by atoms with Crippen molar-refractivity contribution >= 4 is 17.3 Å². The highest BCUT2D eigenvalue weighted by molar-refractivity contribution is 6.32. The molecule has 1 aromatic rings. The van der Waals surface area contributed by atoms with Crippen LogP contribution in [-0.2, 0) is 11.3 Å². The Hall–Kier alpha value is -1.17. The molecular formula is C14H19ClN2O3. The van der Waals surface area contributed by atoms with Gasteiger partial charge in [0.05, 0.1) is 11.0 Å². The van der Waals surface area contributed by atoms with Crippen molar-refractivity contribution in [2.45, 2.75) is 32.4 Å². The molecule has 0 radical (unpaired) electrons. The molecule has 0 aromatic heterocycles. The molecule has 0 bridgehead atoms. The van der Waals surface area contributed by atoms with Crippen molar-refractivity contribution in [3.05, 3.63) is 38.9 Å². The van der Waals surface area contributed by atoms with Gasteiger partial charge in [-0.15, -0.1) is 0 Å². The van der Waals surface area contributed by atoms with Crippen molar-refractivity contribution in [1.82, 2.24) is 5.32 Å². The lowest BCUT2D eigenvalue weighted by atomic mass is 9.99. The van der Waals surface area contributed by atoms with E-state index in [9.17, 15) is 10.1 Å². The second-order valence-corrected chi connectivity index (χ2v) is 5.45. The predicted molar refractivity (Wildman–Crippen MR) is 78.0 cm³/mol. The first-order chi connectivity index (χ1) is 9.61. The third kappa shape index (κ3) is 3.69. The zero-order valence-electron chi connectivity index (χ0n) is 11.5. The molecule has 2 atom stereocenters. The number of benzene rings is 1. The zero-order chi connectivity index (χ0) is 14.5. The largest absolute Gasteiger partial charge is 0.378 e. The molecule has 2 rings (SSSR count). The van der Waals surface area contributed by atoms with Crippen LogP contribution in [0.15, 0.2) is 18.2 Å². The molecule has 1 fully saturated rings. The van der Waals surface area contributed by atoms with Crippen LogP contribution < -0.4 is 5.32 Å². The number of nitro benzene ring substituents is 1. The summed E-state index contributed by atoms with van der Waals surface area (Å²) in [4.78, 5) is 10.4. The summed E-state index contributed by atoms with van der Waals surface area (Å²) in [7, 11) is 0. The number of nitrogens with zero attached hydrogens (tertiary/aromatic N) is 1. The first-order valence-electron chi connectivity index (χ1n) is 6.87. The molecule has 0 saturated carbocycles. The van der Waals surface area contributed by atoms with Crippen LogP contribution in [0.5, 0.6) is 0 Å². The molecule has 1 heterocycles. The molecule has 0 aliphatic carbocycles. The lowest BCUT2D eigenvalue weighted by Gasteiger charge is -2.17. The molecular weight excluding hydrogens is 280 g/mol. The third-order valence-electron chi connectivity index (χ3n) is 3.69. The highest BCUT2D eigenvalue weighted by Crippen LogP contribution is 2.25. The Morgan fingerprint density at radius 2 is 2.35 bits per heavy atom. The first-order valence-corrected chi connectivity index (χ1v) is 7.24. The summed E-state index contributed by atoms with van der Waals surface area (Å²) < 4.78 is 5.64. The smallest absolute Gasteiger partial charge is 0.288 e. The average molecular weight is 299 g/mol. The van der Waals surface area contributed by atoms with Gasteiger partial charge in [-0.3, -0.25) is 10.1 Å². The number of ether oxygens (including phenoxy) is 1. The fraction of sp³-hybridized carbons (Fsp3) is 0.571. The number of halogens is 1. The van der Waals surface area contributed by atoms with Crippen LogP contribution in [0.1, 0.15) is 25.3 Å². The Kier molecular flexibility index (Phi) is 5.34. The van der Waals surface area contributed by atoms with Crippen LogP contribution in [0, 0.1) is 16.0 Å². The molecule has 0 amide bonds. The third-order valence-corrected chi connectivity index (χ3v) is 4.01. The fourth-order valence-electron chi connectivity index (χ4n) is 2.59. The summed E-state index contributed by atoms with van der Waals surface area (Å²) in [6, 6.07) is 4.91. The number of nitrogens with one attached hydrogen (secondary N) is 1. The predicted octanol–water partition coefficient (Wildman–Crippen LogP) is 3.15. The Morgan fingerprint density at radius 3 is 3.05 bits per heavy atom. The van der Waals surface area contributed by atoms with E-state index >= 15 is 0 Å². The Morgan fingerprint density at radius 1 is 1.55 bits per heavy atom. The summed E-state index contributed by atoms with van der Waals surface area (Å²) in [5, 5.41) is 14.3. The molecule has 110 valence electrons. The minimum Gasteiger partial charge on any atom is -0.378 e. The minimum absolute atomic E-state index is 0.0402. The molecule has 2 unspecified atom stereocenters. The van der Waals surface area contributed by atoms with Gasteiger partial charge in [-0.25, -0.2) is 0 Å². The van der Waals surface area contributed by atoms with Gasteiger partial charge in [0.2, 0.25) is 0 Å². The van der Waals surface area contributed by atoms with Gasteiger partial charge in [0.25, 0.3) is 5.69 Å². The van der Waals surface area contributed by atoms with Crippen LogP contribution >= 0.6 is 11.6 Å². The number of hydrogen-bond acceptors (Lipinski definition) is 4. The number of rotatable bonds is 6. The molecule has 0 spiro atoms. The van der Waals surface area contributed by atoms with Crippen molar-refractivity contribution in [1.29, 1.82) is 0 Å². The van der Waals surface area contributed by atoms with Crippen LogP contribution in [0.4, 0.5) is 5.69 Å². The summed E-state index contributed by atoms with van der Waals surface area (Å²) in [5.41, 5.74) is 0.828. The van der Waals surface area contributed by atoms with Crippen molar-refractivity contribution in [2.75, 3.05) is 13.2 Å². The maximum absolute atomic E-state index is 10.8. The van der Waals surface area contributed by atoms with Gasteiger partial charge in [0, 0.05) is 25.8 Å². The molecule has 1 aromatic carbocycles. The van der Waals surface area contributed by atoms with Gasteiger partial charge >= 0.3 is 0 Å². The molecule has 6 heteroatoms. The topological polar surface area (TPSA) is 64.4 Å². The summed E-state index contributed by atoms with van der Waals surface area (Å²) >= 11 is 5.79. The van der Waals surface area contributed by atoms with Crippen LogP contribution in [-0.4, -0.2) is 24.2 Å². The number of hydrogen-bond donors (Lipinski definition) is 1. The van der Waals surface area contributed by atoms with E-state index < -0.39 is 4.92 Å². The van der Waals surface area contributed by atoms with Crippen LogP contribution in [0.25, 0.3) is 0 Å². The molecule has 1 saturated heterocycles. The van der Waals surface area contributed by atoms with Gasteiger partial charge < -0.3 is 10.1 Å². The Balaban J connectivity index is 1.88. The van der Waals surface area contributed by atoms with Crippen molar-refractivity contribution in [3.8, 4) is 0 Å². The van der Waals surface area contributed by atoms with Crippen molar-refractivity contribution in [3.63, 3.8) is 0 Å². The second-order valence-electron chi connectivity index (χ2n) is 5.04. The molecule has 1 N–H and O–H groups in total. The van der Waals surface area contributed by atoms with E-state index in [1.165, 1.54) is 6.07 Å². The Labute approximate surface area is 123 Å². The zero-order valence-corrected chi connectivity index (χ0v) is 12.2. The van der Waals surface area contributed by atoms with Crippen LogP contribution in [0.3, 0.4) is 0 Å². The van der Waals surface area contributed by atoms with Gasteiger partial charge in [-0.1, -0.05) is 24.6 Å². The molecule has 20 heavy (non-hydrogen) atoms. The molecule has 1 aliphatic heterocycles. The first kappa shape index (κ1) is 15.2. The normalized spacial score (nSPS) is 22.1. The van der Waals surface area contributed by atoms with Crippen LogP contribution in [0.2, 0.25) is 5.02 Å². The summed E-state index contributed by atoms with van der Waals surface area (Å²) in [5.74, 6) is 0.530. The highest BCUT2D eigenvalue weighted by Gasteiger charge is 2.26. The maximum Gasteiger partial charge on any atom is 0.288 e. The van der Waals surface area contributed by atoms with E-state index in [1.54, 1.807) is 6.07 Å². The maximum atomic E-state index is 10.8. The standard InChI is InChI=1S/C14H19ClN2O3/c1-2-14-11(5-6-20-14)9-16-8-10-3-4-12(15)13(7-10)17(18)19/h3-4,7,11,14,16H,2,5-6,8-9H2,1H3. The monoisotopic (exact) mass is 298 g/mol. The van der Waals surface area contributed by atoms with E-state index in [0.29, 0.717) is 18.6 Å². The van der Waals surface area contributed by atoms with Crippen molar-refractivity contribution < 1.29 is 9.66 Å². The average Bonchev–Trinajstić information content (AvgIpc) is 2.88. The SMILES string of the molecule is CCC1OCCC1CNCc1ccc(Cl)c([N+](=O)[O-])c1. The second kappa shape index (κ2) is 7.02. The highest BCUT2D eigenvalue weighted by atomic mass is 35.5. The van der Waals surface area contributed by atoms with E-state index in [-0.39, 0.29) is 10.7 Å². The fourth-order valence-corrected chi connectivity index (χ4v) is 2.77. The van der Waals surface area contributed by atoms with E-state index in [1.807, 2.05) is 6.07 Å². The quantitative estimate of drug-likeness (QED) is 0.647. The van der Waals surface area contributed by atoms with Gasteiger partial charge in [-0.05, 0) is 30.4 Å².